The van der Waals surface area contributed by atoms with Gasteiger partial charge >= 0.3 is 0 Å². The second kappa shape index (κ2) is 6.01. The maximum absolute atomic E-state index is 13.6. The van der Waals surface area contributed by atoms with Crippen LogP contribution < -0.4 is 5.32 Å². The Labute approximate surface area is 124 Å². The van der Waals surface area contributed by atoms with Crippen molar-refractivity contribution in [3.63, 3.8) is 0 Å². The Morgan fingerprint density at radius 1 is 1.29 bits per heavy atom. The molecule has 21 heavy (non-hydrogen) atoms. The van der Waals surface area contributed by atoms with Crippen LogP contribution in [0.5, 0.6) is 0 Å². The molecule has 2 aliphatic rings. The summed E-state index contributed by atoms with van der Waals surface area (Å²) in [6.07, 6.45) is 4.39. The molecule has 2 nitrogen and oxygen atoms in total. The molecule has 4 heteroatoms. The van der Waals surface area contributed by atoms with Gasteiger partial charge in [0.25, 0.3) is 0 Å². The fourth-order valence-electron chi connectivity index (χ4n) is 4.24. The van der Waals surface area contributed by atoms with Crippen LogP contribution in [0, 0.1) is 29.4 Å². The molecule has 5 unspecified atom stereocenters. The molecule has 0 heterocycles. The largest absolute Gasteiger partial charge is 0.387 e. The standard InChI is InChI=1S/C17H23F2NO/c1-10(15-7-11-2-3-12(15)6-11)20-9-17(21)14-5-4-13(18)8-16(14)19/h4-5,8,10-12,15,17,20-21H,2-3,6-7,9H2,1H3. The minimum atomic E-state index is -0.938. The van der Waals surface area contributed by atoms with E-state index in [0.717, 1.165) is 17.9 Å². The van der Waals surface area contributed by atoms with Gasteiger partial charge in [-0.1, -0.05) is 12.5 Å². The van der Waals surface area contributed by atoms with Crippen LogP contribution in [0.3, 0.4) is 0 Å². The molecule has 0 aliphatic heterocycles. The molecular weight excluding hydrogens is 272 g/mol. The van der Waals surface area contributed by atoms with Crippen molar-refractivity contribution in [2.24, 2.45) is 17.8 Å². The van der Waals surface area contributed by atoms with Gasteiger partial charge in [-0.25, -0.2) is 8.78 Å². The number of rotatable bonds is 5. The van der Waals surface area contributed by atoms with E-state index in [-0.39, 0.29) is 5.56 Å². The van der Waals surface area contributed by atoms with E-state index in [2.05, 4.69) is 12.2 Å². The summed E-state index contributed by atoms with van der Waals surface area (Å²) in [5.41, 5.74) is 0.157. The minimum absolute atomic E-state index is 0.157. The van der Waals surface area contributed by atoms with Crippen molar-refractivity contribution >= 4 is 0 Å². The molecular formula is C17H23F2NO. The van der Waals surface area contributed by atoms with E-state index in [9.17, 15) is 13.9 Å². The zero-order valence-electron chi connectivity index (χ0n) is 12.4. The number of fused-ring (bicyclic) bond motifs is 2. The smallest absolute Gasteiger partial charge is 0.131 e. The Kier molecular flexibility index (Phi) is 4.27. The van der Waals surface area contributed by atoms with Crippen LogP contribution in [-0.2, 0) is 0 Å². The monoisotopic (exact) mass is 295 g/mol. The number of nitrogens with one attached hydrogen (secondary N) is 1. The van der Waals surface area contributed by atoms with Gasteiger partial charge in [-0.2, -0.15) is 0 Å². The molecule has 2 aliphatic carbocycles. The van der Waals surface area contributed by atoms with Crippen LogP contribution in [0.2, 0.25) is 0 Å². The topological polar surface area (TPSA) is 32.3 Å². The zero-order chi connectivity index (χ0) is 15.0. The SMILES string of the molecule is CC(NCC(O)c1ccc(F)cc1F)C1CC2CCC1C2. The molecule has 3 rings (SSSR count). The quantitative estimate of drug-likeness (QED) is 0.872. The first-order valence-corrected chi connectivity index (χ1v) is 7.91. The third-order valence-corrected chi connectivity index (χ3v) is 5.39. The van der Waals surface area contributed by atoms with Gasteiger partial charge in [0, 0.05) is 24.2 Å². The number of hydrogen-bond donors (Lipinski definition) is 2. The molecule has 0 radical (unpaired) electrons. The molecule has 2 bridgehead atoms. The molecule has 2 saturated carbocycles. The number of benzene rings is 1. The number of hydrogen-bond acceptors (Lipinski definition) is 2. The summed E-state index contributed by atoms with van der Waals surface area (Å²) >= 11 is 0. The average molecular weight is 295 g/mol. The normalized spacial score (nSPS) is 30.6. The highest BCUT2D eigenvalue weighted by atomic mass is 19.1. The maximum Gasteiger partial charge on any atom is 0.131 e. The van der Waals surface area contributed by atoms with E-state index in [1.54, 1.807) is 0 Å². The molecule has 2 fully saturated rings. The summed E-state index contributed by atoms with van der Waals surface area (Å²) in [5.74, 6) is 1.08. The van der Waals surface area contributed by atoms with Crippen LogP contribution in [0.1, 0.15) is 44.3 Å². The lowest BCUT2D eigenvalue weighted by atomic mass is 9.84. The predicted octanol–water partition coefficient (Wildman–Crippen LogP) is 3.41. The molecule has 1 aromatic rings. The van der Waals surface area contributed by atoms with Gasteiger partial charge in [-0.15, -0.1) is 0 Å². The lowest BCUT2D eigenvalue weighted by Crippen LogP contribution is -2.38. The Balaban J connectivity index is 1.54. The second-order valence-corrected chi connectivity index (χ2v) is 6.72. The van der Waals surface area contributed by atoms with E-state index in [0.29, 0.717) is 18.5 Å². The third-order valence-electron chi connectivity index (χ3n) is 5.39. The predicted molar refractivity (Wildman–Crippen MR) is 77.7 cm³/mol. The third kappa shape index (κ3) is 3.11. The average Bonchev–Trinajstić information content (AvgIpc) is 3.07. The summed E-state index contributed by atoms with van der Waals surface area (Å²) in [6, 6.07) is 3.65. The summed E-state index contributed by atoms with van der Waals surface area (Å²) < 4.78 is 26.5. The van der Waals surface area contributed by atoms with E-state index in [4.69, 9.17) is 0 Å². The number of halogens is 2. The lowest BCUT2D eigenvalue weighted by molar-refractivity contribution is 0.154. The van der Waals surface area contributed by atoms with Crippen LogP contribution in [0.4, 0.5) is 8.78 Å². The summed E-state index contributed by atoms with van der Waals surface area (Å²) in [6.45, 7) is 2.46. The molecule has 0 saturated heterocycles. The summed E-state index contributed by atoms with van der Waals surface area (Å²) in [4.78, 5) is 0. The first kappa shape index (κ1) is 14.9. The molecule has 0 spiro atoms. The molecule has 0 aromatic heterocycles. The molecule has 0 amide bonds. The van der Waals surface area contributed by atoms with Crippen molar-refractivity contribution in [2.75, 3.05) is 6.54 Å². The van der Waals surface area contributed by atoms with Gasteiger partial charge in [0.15, 0.2) is 0 Å². The molecule has 1 aromatic carbocycles. The summed E-state index contributed by atoms with van der Waals surface area (Å²) in [7, 11) is 0. The Hall–Kier alpha value is -1.00. The highest BCUT2D eigenvalue weighted by Gasteiger charge is 2.41. The fraction of sp³-hybridized carbons (Fsp3) is 0.647. The minimum Gasteiger partial charge on any atom is -0.387 e. The van der Waals surface area contributed by atoms with Crippen LogP contribution >= 0.6 is 0 Å². The van der Waals surface area contributed by atoms with E-state index >= 15 is 0 Å². The zero-order valence-corrected chi connectivity index (χ0v) is 12.4. The molecule has 5 atom stereocenters. The highest BCUT2D eigenvalue weighted by Crippen LogP contribution is 2.49. The van der Waals surface area contributed by atoms with Gasteiger partial charge in [-0.05, 0) is 50.0 Å². The number of aliphatic hydroxyl groups excluding tert-OH is 1. The van der Waals surface area contributed by atoms with Gasteiger partial charge in [-0.3, -0.25) is 0 Å². The lowest BCUT2D eigenvalue weighted by Gasteiger charge is -2.29. The van der Waals surface area contributed by atoms with Crippen LogP contribution in [0.25, 0.3) is 0 Å². The number of aliphatic hydroxyl groups is 1. The Morgan fingerprint density at radius 3 is 2.71 bits per heavy atom. The highest BCUT2D eigenvalue weighted by molar-refractivity contribution is 5.21. The first-order valence-electron chi connectivity index (χ1n) is 7.91. The van der Waals surface area contributed by atoms with E-state index in [1.807, 2.05) is 0 Å². The molecule has 2 N–H and O–H groups in total. The van der Waals surface area contributed by atoms with E-state index in [1.165, 1.54) is 37.8 Å². The van der Waals surface area contributed by atoms with E-state index < -0.39 is 17.7 Å². The van der Waals surface area contributed by atoms with Crippen molar-refractivity contribution < 1.29 is 13.9 Å². The van der Waals surface area contributed by atoms with Crippen molar-refractivity contribution in [1.82, 2.24) is 5.32 Å². The van der Waals surface area contributed by atoms with Crippen molar-refractivity contribution in [1.29, 1.82) is 0 Å². The van der Waals surface area contributed by atoms with Gasteiger partial charge in [0.1, 0.15) is 11.6 Å². The Morgan fingerprint density at radius 2 is 2.10 bits per heavy atom. The first-order chi connectivity index (χ1) is 10.0. The summed E-state index contributed by atoms with van der Waals surface area (Å²) in [5, 5.41) is 13.4. The second-order valence-electron chi connectivity index (χ2n) is 6.72. The van der Waals surface area contributed by atoms with Gasteiger partial charge < -0.3 is 10.4 Å². The molecule has 116 valence electrons. The van der Waals surface area contributed by atoms with Gasteiger partial charge in [0.2, 0.25) is 0 Å². The van der Waals surface area contributed by atoms with Crippen molar-refractivity contribution in [3.8, 4) is 0 Å². The fourth-order valence-corrected chi connectivity index (χ4v) is 4.24. The van der Waals surface area contributed by atoms with Crippen molar-refractivity contribution in [2.45, 2.75) is 44.8 Å². The van der Waals surface area contributed by atoms with Crippen molar-refractivity contribution in [3.05, 3.63) is 35.4 Å². The van der Waals surface area contributed by atoms with Crippen LogP contribution in [-0.4, -0.2) is 17.7 Å². The Bertz CT molecular complexity index is 508. The van der Waals surface area contributed by atoms with Gasteiger partial charge in [0.05, 0.1) is 6.10 Å². The maximum atomic E-state index is 13.6. The van der Waals surface area contributed by atoms with Crippen LogP contribution in [0.15, 0.2) is 18.2 Å².